The number of urea groups is 1. The molecule has 1 aromatic rings. The highest BCUT2D eigenvalue weighted by molar-refractivity contribution is 6.09. The Hall–Kier alpha value is -2.90. The van der Waals surface area contributed by atoms with Gasteiger partial charge in [-0.05, 0) is 31.2 Å². The second-order valence-corrected chi connectivity index (χ2v) is 7.80. The first-order valence-electron chi connectivity index (χ1n) is 9.97. The largest absolute Gasteiger partial charge is 0.454 e. The average molecular weight is 401 g/mol. The van der Waals surface area contributed by atoms with Crippen LogP contribution >= 0.6 is 0 Å². The summed E-state index contributed by atoms with van der Waals surface area (Å²) in [5.41, 5.74) is 0.0105. The summed E-state index contributed by atoms with van der Waals surface area (Å²) >= 11 is 0. The Balaban J connectivity index is 1.50. The molecule has 1 aliphatic carbocycles. The summed E-state index contributed by atoms with van der Waals surface area (Å²) in [7, 11) is 0. The molecule has 1 spiro atoms. The second-order valence-electron chi connectivity index (χ2n) is 7.80. The van der Waals surface area contributed by atoms with Gasteiger partial charge in [0.2, 0.25) is 0 Å². The molecule has 1 aliphatic heterocycles. The first-order chi connectivity index (χ1) is 13.8. The molecule has 0 radical (unpaired) electrons. The Morgan fingerprint density at radius 2 is 2.00 bits per heavy atom. The summed E-state index contributed by atoms with van der Waals surface area (Å²) in [6.07, 6.45) is 3.30. The van der Waals surface area contributed by atoms with Crippen molar-refractivity contribution in [3.05, 3.63) is 35.9 Å². The third-order valence-electron chi connectivity index (χ3n) is 5.83. The van der Waals surface area contributed by atoms with Gasteiger partial charge in [0.15, 0.2) is 6.61 Å². The fourth-order valence-corrected chi connectivity index (χ4v) is 4.07. The van der Waals surface area contributed by atoms with Crippen molar-refractivity contribution in [2.45, 2.75) is 51.1 Å². The quantitative estimate of drug-likeness (QED) is 0.560. The average Bonchev–Trinajstić information content (AvgIpc) is 2.94. The van der Waals surface area contributed by atoms with Crippen LogP contribution in [0.15, 0.2) is 30.3 Å². The Kier molecular flexibility index (Phi) is 6.20. The minimum atomic E-state index is -0.919. The standard InChI is InChI=1S/C21H27N3O5/c1-14-8-6-7-11-21(14)19(27)24(20(28)23-21)12-18(26)29-13-17(25)22-15(2)16-9-4-3-5-10-16/h3-5,9-10,14-15H,6-8,11-13H2,1-2H3,(H,22,25)(H,23,28)/t14-,15+,21-/m1/s1. The molecule has 3 rings (SSSR count). The van der Waals surface area contributed by atoms with Crippen molar-refractivity contribution in [3.63, 3.8) is 0 Å². The molecule has 2 fully saturated rings. The Bertz CT molecular complexity index is 797. The maximum Gasteiger partial charge on any atom is 0.326 e. The van der Waals surface area contributed by atoms with Gasteiger partial charge in [0.1, 0.15) is 12.1 Å². The van der Waals surface area contributed by atoms with E-state index in [9.17, 15) is 19.2 Å². The minimum Gasteiger partial charge on any atom is -0.454 e. The lowest BCUT2D eigenvalue weighted by Gasteiger charge is -2.36. The van der Waals surface area contributed by atoms with Gasteiger partial charge in [-0.1, -0.05) is 50.1 Å². The van der Waals surface area contributed by atoms with E-state index >= 15 is 0 Å². The summed E-state index contributed by atoms with van der Waals surface area (Å²) in [6.45, 7) is 2.80. The minimum absolute atomic E-state index is 0.0129. The maximum absolute atomic E-state index is 12.8. The molecular formula is C21H27N3O5. The van der Waals surface area contributed by atoms with Gasteiger partial charge in [0.05, 0.1) is 6.04 Å². The first-order valence-corrected chi connectivity index (χ1v) is 9.97. The van der Waals surface area contributed by atoms with Gasteiger partial charge >= 0.3 is 12.0 Å². The Morgan fingerprint density at radius 3 is 2.69 bits per heavy atom. The van der Waals surface area contributed by atoms with Gasteiger partial charge in [0, 0.05) is 0 Å². The number of carbonyl (C=O) groups is 4. The number of nitrogens with one attached hydrogen (secondary N) is 2. The predicted octanol–water partition coefficient (Wildman–Crippen LogP) is 1.91. The van der Waals surface area contributed by atoms with E-state index < -0.39 is 36.6 Å². The molecule has 2 N–H and O–H groups in total. The summed E-state index contributed by atoms with van der Waals surface area (Å²) in [5.74, 6) is -1.62. The van der Waals surface area contributed by atoms with Crippen molar-refractivity contribution < 1.29 is 23.9 Å². The molecule has 3 atom stereocenters. The van der Waals surface area contributed by atoms with Crippen molar-refractivity contribution in [1.29, 1.82) is 0 Å². The van der Waals surface area contributed by atoms with Crippen LogP contribution in [-0.2, 0) is 19.1 Å². The van der Waals surface area contributed by atoms with Crippen LogP contribution in [0.2, 0.25) is 0 Å². The van der Waals surface area contributed by atoms with Gasteiger partial charge in [-0.3, -0.25) is 19.3 Å². The zero-order valence-corrected chi connectivity index (χ0v) is 16.8. The normalized spacial score (nSPS) is 24.9. The first kappa shape index (κ1) is 20.8. The lowest BCUT2D eigenvalue weighted by molar-refractivity contribution is -0.151. The van der Waals surface area contributed by atoms with E-state index in [4.69, 9.17) is 4.74 Å². The lowest BCUT2D eigenvalue weighted by Crippen LogP contribution is -2.54. The molecule has 1 saturated carbocycles. The number of esters is 1. The van der Waals surface area contributed by atoms with Crippen LogP contribution in [0.1, 0.15) is 51.1 Å². The van der Waals surface area contributed by atoms with Crippen LogP contribution in [0, 0.1) is 5.92 Å². The van der Waals surface area contributed by atoms with Crippen LogP contribution in [0.4, 0.5) is 4.79 Å². The number of imide groups is 1. The number of hydrogen-bond donors (Lipinski definition) is 2. The second kappa shape index (κ2) is 8.63. The maximum atomic E-state index is 12.8. The number of rotatable bonds is 6. The smallest absolute Gasteiger partial charge is 0.326 e. The van der Waals surface area contributed by atoms with Crippen molar-refractivity contribution in [2.75, 3.05) is 13.2 Å². The number of hydrogen-bond acceptors (Lipinski definition) is 5. The predicted molar refractivity (Wildman–Crippen MR) is 105 cm³/mol. The number of benzene rings is 1. The van der Waals surface area contributed by atoms with Gasteiger partial charge in [-0.2, -0.15) is 0 Å². The highest BCUT2D eigenvalue weighted by Crippen LogP contribution is 2.38. The van der Waals surface area contributed by atoms with Crippen LogP contribution in [0.3, 0.4) is 0 Å². The van der Waals surface area contributed by atoms with E-state index in [2.05, 4.69) is 10.6 Å². The molecule has 1 aromatic carbocycles. The number of carbonyl (C=O) groups excluding carboxylic acids is 4. The summed E-state index contributed by atoms with van der Waals surface area (Å²) in [4.78, 5) is 50.2. The monoisotopic (exact) mass is 401 g/mol. The van der Waals surface area contributed by atoms with Crippen molar-refractivity contribution in [3.8, 4) is 0 Å². The van der Waals surface area contributed by atoms with Crippen LogP contribution in [-0.4, -0.2) is 47.4 Å². The highest BCUT2D eigenvalue weighted by Gasteiger charge is 2.55. The number of nitrogens with zero attached hydrogens (tertiary/aromatic N) is 1. The van der Waals surface area contributed by atoms with Crippen molar-refractivity contribution in [2.24, 2.45) is 5.92 Å². The fraction of sp³-hybridized carbons (Fsp3) is 0.524. The third-order valence-corrected chi connectivity index (χ3v) is 5.83. The molecule has 1 saturated heterocycles. The van der Waals surface area contributed by atoms with E-state index in [1.54, 1.807) is 0 Å². The van der Waals surface area contributed by atoms with Gasteiger partial charge in [0.25, 0.3) is 11.8 Å². The summed E-state index contributed by atoms with van der Waals surface area (Å²) in [5, 5.41) is 5.52. The topological polar surface area (TPSA) is 105 Å². The molecule has 156 valence electrons. The van der Waals surface area contributed by atoms with Crippen molar-refractivity contribution in [1.82, 2.24) is 15.5 Å². The van der Waals surface area contributed by atoms with Crippen molar-refractivity contribution >= 4 is 23.8 Å². The van der Waals surface area contributed by atoms with Gasteiger partial charge in [-0.15, -0.1) is 0 Å². The molecule has 0 aromatic heterocycles. The summed E-state index contributed by atoms with van der Waals surface area (Å²) < 4.78 is 4.98. The molecular weight excluding hydrogens is 374 g/mol. The van der Waals surface area contributed by atoms with E-state index in [0.29, 0.717) is 6.42 Å². The molecule has 2 aliphatic rings. The number of amides is 4. The molecule has 1 heterocycles. The third kappa shape index (κ3) is 4.41. The van der Waals surface area contributed by atoms with Crippen LogP contribution in [0.25, 0.3) is 0 Å². The molecule has 0 bridgehead atoms. The molecule has 0 unspecified atom stereocenters. The van der Waals surface area contributed by atoms with Crippen LogP contribution in [0.5, 0.6) is 0 Å². The molecule has 8 heteroatoms. The van der Waals surface area contributed by atoms with Crippen LogP contribution < -0.4 is 10.6 Å². The number of ether oxygens (including phenoxy) is 1. The lowest BCUT2D eigenvalue weighted by atomic mass is 9.73. The van der Waals surface area contributed by atoms with E-state index in [-0.39, 0.29) is 17.9 Å². The van der Waals surface area contributed by atoms with E-state index in [1.807, 2.05) is 44.2 Å². The molecule has 4 amide bonds. The summed E-state index contributed by atoms with van der Waals surface area (Å²) in [6, 6.07) is 8.58. The Labute approximate surface area is 170 Å². The zero-order valence-electron chi connectivity index (χ0n) is 16.8. The van der Waals surface area contributed by atoms with Gasteiger partial charge in [-0.25, -0.2) is 4.79 Å². The SMILES string of the molecule is C[C@H](NC(=O)COC(=O)CN1C(=O)N[C@@]2(CCCC[C@H]2C)C1=O)c1ccccc1. The zero-order chi connectivity index (χ0) is 21.0. The molecule has 8 nitrogen and oxygen atoms in total. The van der Waals surface area contributed by atoms with E-state index in [1.165, 1.54) is 0 Å². The highest BCUT2D eigenvalue weighted by atomic mass is 16.5. The molecule has 29 heavy (non-hydrogen) atoms. The van der Waals surface area contributed by atoms with Gasteiger partial charge < -0.3 is 15.4 Å². The van der Waals surface area contributed by atoms with E-state index in [0.717, 1.165) is 29.7 Å². The Morgan fingerprint density at radius 1 is 1.28 bits per heavy atom. The fourth-order valence-electron chi connectivity index (χ4n) is 4.07.